The summed E-state index contributed by atoms with van der Waals surface area (Å²) in [6.45, 7) is 3.40. The van der Waals surface area contributed by atoms with Crippen LogP contribution in [-0.4, -0.2) is 26.4 Å². The summed E-state index contributed by atoms with van der Waals surface area (Å²) < 4.78 is 1.53. The van der Waals surface area contributed by atoms with Gasteiger partial charge in [-0.05, 0) is 32.6 Å². The lowest BCUT2D eigenvalue weighted by Gasteiger charge is -2.27. The van der Waals surface area contributed by atoms with Gasteiger partial charge < -0.3 is 10.4 Å². The van der Waals surface area contributed by atoms with Crippen LogP contribution >= 0.6 is 0 Å². The van der Waals surface area contributed by atoms with Crippen molar-refractivity contribution in [3.05, 3.63) is 11.3 Å². The van der Waals surface area contributed by atoms with Gasteiger partial charge in [0.2, 0.25) is 0 Å². The summed E-state index contributed by atoms with van der Waals surface area (Å²) in [5, 5.41) is 25.6. The third kappa shape index (κ3) is 1.82. The van der Waals surface area contributed by atoms with Crippen LogP contribution in [0.25, 0.3) is 0 Å². The number of carboxylic acids is 1. The van der Waals surface area contributed by atoms with Crippen molar-refractivity contribution < 1.29 is 9.90 Å². The third-order valence-electron chi connectivity index (χ3n) is 3.55. The molecule has 2 N–H and O–H groups in total. The van der Waals surface area contributed by atoms with Crippen LogP contribution < -0.4 is 5.32 Å². The molecule has 1 heterocycles. The molecule has 0 aliphatic heterocycles. The minimum absolute atomic E-state index is 0.108. The smallest absolute Gasteiger partial charge is 0.329 e. The zero-order chi connectivity index (χ0) is 13.5. The van der Waals surface area contributed by atoms with Crippen molar-refractivity contribution in [1.29, 1.82) is 5.26 Å². The van der Waals surface area contributed by atoms with Gasteiger partial charge >= 0.3 is 5.97 Å². The molecule has 1 aromatic heterocycles. The number of rotatable bonds is 4. The van der Waals surface area contributed by atoms with Crippen LogP contribution in [-0.2, 0) is 11.8 Å². The highest BCUT2D eigenvalue weighted by Crippen LogP contribution is 2.42. The molecule has 18 heavy (non-hydrogen) atoms. The van der Waals surface area contributed by atoms with Crippen molar-refractivity contribution >= 4 is 11.8 Å². The summed E-state index contributed by atoms with van der Waals surface area (Å²) >= 11 is 0. The molecule has 1 unspecified atom stereocenters. The van der Waals surface area contributed by atoms with Crippen molar-refractivity contribution in [2.45, 2.75) is 32.2 Å². The van der Waals surface area contributed by atoms with E-state index in [9.17, 15) is 9.90 Å². The van der Waals surface area contributed by atoms with Crippen LogP contribution in [0.3, 0.4) is 0 Å². The van der Waals surface area contributed by atoms with Gasteiger partial charge in [-0.2, -0.15) is 10.4 Å². The minimum atomic E-state index is -1.04. The van der Waals surface area contributed by atoms with Crippen molar-refractivity contribution in [3.63, 3.8) is 0 Å². The lowest BCUT2D eigenvalue weighted by atomic mass is 9.95. The first kappa shape index (κ1) is 12.4. The highest BCUT2D eigenvalue weighted by Gasteiger charge is 2.48. The first-order chi connectivity index (χ1) is 8.40. The fourth-order valence-corrected chi connectivity index (χ4v) is 2.17. The normalized spacial score (nSPS) is 17.9. The van der Waals surface area contributed by atoms with E-state index < -0.39 is 11.5 Å². The Balaban J connectivity index is 2.39. The van der Waals surface area contributed by atoms with Crippen LogP contribution in [0.5, 0.6) is 0 Å². The summed E-state index contributed by atoms with van der Waals surface area (Å²) in [7, 11) is 1.70. The minimum Gasteiger partial charge on any atom is -0.480 e. The van der Waals surface area contributed by atoms with Gasteiger partial charge in [0.05, 0.1) is 5.69 Å². The lowest BCUT2D eigenvalue weighted by molar-refractivity contribution is -0.142. The second-order valence-electron chi connectivity index (χ2n) is 4.95. The van der Waals surface area contributed by atoms with E-state index >= 15 is 0 Å². The molecule has 0 bridgehead atoms. The monoisotopic (exact) mass is 248 g/mol. The average molecular weight is 248 g/mol. The number of aromatic nitrogens is 2. The molecule has 0 aromatic carbocycles. The molecule has 0 amide bonds. The zero-order valence-electron chi connectivity index (χ0n) is 10.7. The second kappa shape index (κ2) is 4.02. The maximum atomic E-state index is 11.4. The number of hydrogen-bond donors (Lipinski definition) is 2. The van der Waals surface area contributed by atoms with Gasteiger partial charge in [0.15, 0.2) is 0 Å². The largest absolute Gasteiger partial charge is 0.480 e. The van der Waals surface area contributed by atoms with Crippen LogP contribution in [0.4, 0.5) is 5.82 Å². The van der Waals surface area contributed by atoms with Crippen LogP contribution in [0.15, 0.2) is 0 Å². The Morgan fingerprint density at radius 3 is 2.72 bits per heavy atom. The Morgan fingerprint density at radius 1 is 1.67 bits per heavy atom. The van der Waals surface area contributed by atoms with E-state index in [2.05, 4.69) is 16.5 Å². The molecule has 0 saturated heterocycles. The van der Waals surface area contributed by atoms with Crippen LogP contribution in [0, 0.1) is 24.2 Å². The molecule has 1 aromatic rings. The fraction of sp³-hybridized carbons (Fsp3) is 0.583. The number of hydrogen-bond acceptors (Lipinski definition) is 4. The quantitative estimate of drug-likeness (QED) is 0.837. The highest BCUT2D eigenvalue weighted by atomic mass is 16.4. The number of carboxylic acid groups (broad SMARTS) is 1. The van der Waals surface area contributed by atoms with E-state index in [-0.39, 0.29) is 5.92 Å². The number of nitrogens with one attached hydrogen (secondary N) is 1. The van der Waals surface area contributed by atoms with Gasteiger partial charge in [-0.1, -0.05) is 0 Å². The third-order valence-corrected chi connectivity index (χ3v) is 3.55. The van der Waals surface area contributed by atoms with Gasteiger partial charge in [-0.3, -0.25) is 4.68 Å². The Labute approximate surface area is 105 Å². The number of aliphatic carboxylic acids is 1. The number of aryl methyl sites for hydroxylation is 2. The summed E-state index contributed by atoms with van der Waals surface area (Å²) in [6, 6.07) is 2.07. The molecule has 1 fully saturated rings. The molecule has 6 nitrogen and oxygen atoms in total. The van der Waals surface area contributed by atoms with E-state index in [0.29, 0.717) is 17.1 Å². The second-order valence-corrected chi connectivity index (χ2v) is 4.95. The van der Waals surface area contributed by atoms with Crippen molar-refractivity contribution in [3.8, 4) is 6.07 Å². The van der Waals surface area contributed by atoms with E-state index in [1.807, 2.05) is 0 Å². The average Bonchev–Trinajstić information content (AvgIpc) is 3.08. The predicted octanol–water partition coefficient (Wildman–Crippen LogP) is 1.27. The molecule has 1 saturated carbocycles. The van der Waals surface area contributed by atoms with E-state index in [0.717, 1.165) is 12.8 Å². The predicted molar refractivity (Wildman–Crippen MR) is 65.0 cm³/mol. The van der Waals surface area contributed by atoms with Gasteiger partial charge in [-0.25, -0.2) is 4.79 Å². The van der Waals surface area contributed by atoms with Crippen LogP contribution in [0.2, 0.25) is 0 Å². The first-order valence-electron chi connectivity index (χ1n) is 5.85. The Bertz CT molecular complexity index is 539. The van der Waals surface area contributed by atoms with Crippen molar-refractivity contribution in [2.24, 2.45) is 13.0 Å². The number of anilines is 1. The van der Waals surface area contributed by atoms with Gasteiger partial charge in [0.1, 0.15) is 23.0 Å². The summed E-state index contributed by atoms with van der Waals surface area (Å²) in [4.78, 5) is 11.4. The van der Waals surface area contributed by atoms with Gasteiger partial charge in [0.25, 0.3) is 0 Å². The molecule has 2 rings (SSSR count). The zero-order valence-corrected chi connectivity index (χ0v) is 10.7. The molecule has 0 radical (unpaired) electrons. The molecular formula is C12H16N4O2. The Hall–Kier alpha value is -2.03. The first-order valence-corrected chi connectivity index (χ1v) is 5.85. The molecule has 1 aliphatic rings. The van der Waals surface area contributed by atoms with Crippen molar-refractivity contribution in [1.82, 2.24) is 9.78 Å². The standard InChI is InChI=1S/C12H16N4O2/c1-7-9(6-13)10(16(3)15-7)14-12(2,11(17)18)8-4-5-8/h8,14H,4-5H2,1-3H3,(H,17,18). The van der Waals surface area contributed by atoms with E-state index in [4.69, 9.17) is 5.26 Å². The van der Waals surface area contributed by atoms with Gasteiger partial charge in [-0.15, -0.1) is 0 Å². The highest BCUT2D eigenvalue weighted by molar-refractivity contribution is 5.83. The maximum absolute atomic E-state index is 11.4. The van der Waals surface area contributed by atoms with Crippen LogP contribution in [0.1, 0.15) is 31.0 Å². The fourth-order valence-electron chi connectivity index (χ4n) is 2.17. The molecule has 0 spiro atoms. The Kier molecular flexibility index (Phi) is 2.77. The SMILES string of the molecule is Cc1nn(C)c(NC(C)(C(=O)O)C2CC2)c1C#N. The number of carbonyl (C=O) groups is 1. The summed E-state index contributed by atoms with van der Waals surface area (Å²) in [5.74, 6) is -0.309. The Morgan fingerprint density at radius 2 is 2.28 bits per heavy atom. The van der Waals surface area contributed by atoms with E-state index in [1.54, 1.807) is 20.9 Å². The van der Waals surface area contributed by atoms with Gasteiger partial charge in [0, 0.05) is 7.05 Å². The van der Waals surface area contributed by atoms with E-state index in [1.165, 1.54) is 4.68 Å². The molecule has 1 aliphatic carbocycles. The number of nitrogens with zero attached hydrogens (tertiary/aromatic N) is 3. The number of nitriles is 1. The topological polar surface area (TPSA) is 90.9 Å². The van der Waals surface area contributed by atoms with Crippen molar-refractivity contribution in [2.75, 3.05) is 5.32 Å². The lowest BCUT2D eigenvalue weighted by Crippen LogP contribution is -2.46. The molecule has 6 heteroatoms. The molecular weight excluding hydrogens is 232 g/mol. The molecule has 96 valence electrons. The molecule has 1 atom stereocenters. The summed E-state index contributed by atoms with van der Waals surface area (Å²) in [5.41, 5.74) is -0.0251. The summed E-state index contributed by atoms with van der Waals surface area (Å²) in [6.07, 6.45) is 1.79. The maximum Gasteiger partial charge on any atom is 0.329 e.